The first-order valence-corrected chi connectivity index (χ1v) is 5.58. The van der Waals surface area contributed by atoms with E-state index in [1.54, 1.807) is 6.92 Å². The van der Waals surface area contributed by atoms with Gasteiger partial charge in [-0.2, -0.15) is 0 Å². The molecule has 1 aromatic carbocycles. The fraction of sp³-hybridized carbons (Fsp3) is 0.286. The smallest absolute Gasteiger partial charge is 0.334 e. The Morgan fingerprint density at radius 1 is 1.39 bits per heavy atom. The number of aryl methyl sites for hydroxylation is 1. The molecule has 0 atom stereocenters. The highest BCUT2D eigenvalue weighted by Gasteiger charge is 2.01. The van der Waals surface area contributed by atoms with Crippen LogP contribution in [0.5, 0.6) is 5.75 Å². The van der Waals surface area contributed by atoms with Gasteiger partial charge in [0.25, 0.3) is 0 Å². The number of hydrogen-bond acceptors (Lipinski definition) is 4. The van der Waals surface area contributed by atoms with Crippen LogP contribution in [0.2, 0.25) is 0 Å². The van der Waals surface area contributed by atoms with E-state index in [4.69, 9.17) is 11.2 Å². The lowest BCUT2D eigenvalue weighted by atomic mass is 10.2. The van der Waals surface area contributed by atoms with E-state index in [1.807, 2.05) is 31.2 Å². The van der Waals surface area contributed by atoms with E-state index >= 15 is 0 Å². The van der Waals surface area contributed by atoms with Crippen molar-refractivity contribution in [2.24, 2.45) is 5.16 Å². The topological polar surface area (TPSA) is 47.9 Å². The number of hydrogen-bond donors (Lipinski definition) is 0. The van der Waals surface area contributed by atoms with Gasteiger partial charge in [0, 0.05) is 6.42 Å². The third kappa shape index (κ3) is 4.71. The number of ether oxygens (including phenoxy) is 1. The summed E-state index contributed by atoms with van der Waals surface area (Å²) < 4.78 is 5.42. The van der Waals surface area contributed by atoms with Gasteiger partial charge in [-0.1, -0.05) is 29.8 Å². The third-order valence-electron chi connectivity index (χ3n) is 2.11. The van der Waals surface area contributed by atoms with Gasteiger partial charge in [0.2, 0.25) is 0 Å². The van der Waals surface area contributed by atoms with Gasteiger partial charge in [0.15, 0.2) is 5.71 Å². The SMILES string of the molecule is C#C/C(COc1ccc(C)cc1)=N\OC(=O)CC. The molecule has 0 saturated heterocycles. The zero-order chi connectivity index (χ0) is 13.4. The molecular formula is C14H15NO3. The molecule has 0 unspecified atom stereocenters. The quantitative estimate of drug-likeness (QED) is 0.346. The number of nitrogens with zero attached hydrogens (tertiary/aromatic N) is 1. The van der Waals surface area contributed by atoms with Gasteiger partial charge in [-0.25, -0.2) is 4.79 Å². The molecule has 18 heavy (non-hydrogen) atoms. The fourth-order valence-corrected chi connectivity index (χ4v) is 1.05. The Morgan fingerprint density at radius 2 is 2.06 bits per heavy atom. The minimum absolute atomic E-state index is 0.0938. The lowest BCUT2D eigenvalue weighted by Gasteiger charge is -2.05. The molecule has 0 aliphatic heterocycles. The van der Waals surface area contributed by atoms with E-state index < -0.39 is 5.97 Å². The van der Waals surface area contributed by atoms with E-state index in [0.29, 0.717) is 5.75 Å². The molecule has 0 spiro atoms. The predicted molar refractivity (Wildman–Crippen MR) is 69.3 cm³/mol. The van der Waals surface area contributed by atoms with Crippen molar-refractivity contribution in [2.45, 2.75) is 20.3 Å². The first kappa shape index (κ1) is 13.8. The Bertz CT molecular complexity index is 469. The monoisotopic (exact) mass is 245 g/mol. The van der Waals surface area contributed by atoms with Gasteiger partial charge in [-0.3, -0.25) is 0 Å². The number of rotatable bonds is 5. The van der Waals surface area contributed by atoms with Crippen molar-refractivity contribution in [1.82, 2.24) is 0 Å². The molecular weight excluding hydrogens is 230 g/mol. The van der Waals surface area contributed by atoms with Gasteiger partial charge in [-0.05, 0) is 25.0 Å². The Hall–Kier alpha value is -2.28. The fourth-order valence-electron chi connectivity index (χ4n) is 1.05. The van der Waals surface area contributed by atoms with Gasteiger partial charge < -0.3 is 9.57 Å². The predicted octanol–water partition coefficient (Wildman–Crippen LogP) is 2.32. The molecule has 0 heterocycles. The zero-order valence-electron chi connectivity index (χ0n) is 10.5. The number of benzene rings is 1. The van der Waals surface area contributed by atoms with Crippen LogP contribution < -0.4 is 4.74 Å². The van der Waals surface area contributed by atoms with Crippen LogP contribution in [-0.4, -0.2) is 18.3 Å². The van der Waals surface area contributed by atoms with Crippen molar-refractivity contribution < 1.29 is 14.4 Å². The van der Waals surface area contributed by atoms with Gasteiger partial charge in [0.05, 0.1) is 0 Å². The molecule has 0 saturated carbocycles. The molecule has 0 radical (unpaired) electrons. The summed E-state index contributed by atoms with van der Waals surface area (Å²) in [4.78, 5) is 15.5. The molecule has 0 N–H and O–H groups in total. The van der Waals surface area contributed by atoms with Crippen LogP contribution in [0.25, 0.3) is 0 Å². The van der Waals surface area contributed by atoms with Crippen molar-refractivity contribution in [3.8, 4) is 18.1 Å². The maximum atomic E-state index is 10.9. The molecule has 1 aromatic rings. The summed E-state index contributed by atoms with van der Waals surface area (Å²) in [5.41, 5.74) is 1.38. The van der Waals surface area contributed by atoms with Crippen LogP contribution in [0.1, 0.15) is 18.9 Å². The number of terminal acetylenes is 1. The van der Waals surface area contributed by atoms with Crippen molar-refractivity contribution >= 4 is 11.7 Å². The molecule has 94 valence electrons. The normalized spacial score (nSPS) is 10.6. The molecule has 4 nitrogen and oxygen atoms in total. The standard InChI is InChI=1S/C14H15NO3/c1-4-12(15-18-14(16)5-2)10-17-13-8-6-11(3)7-9-13/h1,6-9H,5,10H2,2-3H3/b15-12+. The van der Waals surface area contributed by atoms with E-state index in [2.05, 4.69) is 15.9 Å². The molecule has 0 amide bonds. The lowest BCUT2D eigenvalue weighted by molar-refractivity contribution is -0.143. The molecule has 0 bridgehead atoms. The van der Waals surface area contributed by atoms with Crippen molar-refractivity contribution in [3.63, 3.8) is 0 Å². The molecule has 0 aliphatic carbocycles. The van der Waals surface area contributed by atoms with Crippen LogP contribution in [0, 0.1) is 19.3 Å². The highest BCUT2D eigenvalue weighted by molar-refractivity contribution is 6.01. The minimum atomic E-state index is -0.432. The lowest BCUT2D eigenvalue weighted by Crippen LogP contribution is -2.11. The average Bonchev–Trinajstić information content (AvgIpc) is 2.40. The summed E-state index contributed by atoms with van der Waals surface area (Å²) in [6.45, 7) is 3.76. The third-order valence-corrected chi connectivity index (χ3v) is 2.11. The second-order valence-electron chi connectivity index (χ2n) is 3.60. The van der Waals surface area contributed by atoms with Crippen molar-refractivity contribution in [1.29, 1.82) is 0 Å². The number of oxime groups is 1. The van der Waals surface area contributed by atoms with Crippen LogP contribution >= 0.6 is 0 Å². The average molecular weight is 245 g/mol. The highest BCUT2D eigenvalue weighted by Crippen LogP contribution is 2.11. The Balaban J connectivity index is 2.52. The van der Waals surface area contributed by atoms with Crippen LogP contribution in [-0.2, 0) is 9.63 Å². The summed E-state index contributed by atoms with van der Waals surface area (Å²) in [7, 11) is 0. The highest BCUT2D eigenvalue weighted by atomic mass is 16.7. The van der Waals surface area contributed by atoms with Gasteiger partial charge in [0.1, 0.15) is 12.4 Å². The van der Waals surface area contributed by atoms with Crippen LogP contribution in [0.3, 0.4) is 0 Å². The maximum Gasteiger partial charge on any atom is 0.334 e. The van der Waals surface area contributed by atoms with Crippen LogP contribution in [0.15, 0.2) is 29.4 Å². The summed E-state index contributed by atoms with van der Waals surface area (Å²) in [5.74, 6) is 2.56. The van der Waals surface area contributed by atoms with Gasteiger partial charge in [-0.15, -0.1) is 6.42 Å². The number of carbonyl (C=O) groups is 1. The van der Waals surface area contributed by atoms with E-state index in [0.717, 1.165) is 5.56 Å². The molecule has 0 fully saturated rings. The summed E-state index contributed by atoms with van der Waals surface area (Å²) in [6.07, 6.45) is 5.49. The molecule has 0 aliphatic rings. The second-order valence-corrected chi connectivity index (χ2v) is 3.60. The van der Waals surface area contributed by atoms with E-state index in [9.17, 15) is 4.79 Å². The summed E-state index contributed by atoms with van der Waals surface area (Å²) in [5, 5.41) is 3.55. The Kier molecular flexibility index (Phi) is 5.46. The van der Waals surface area contributed by atoms with Crippen LogP contribution in [0.4, 0.5) is 0 Å². The zero-order valence-corrected chi connectivity index (χ0v) is 10.5. The largest absolute Gasteiger partial charge is 0.486 e. The minimum Gasteiger partial charge on any atom is -0.486 e. The van der Waals surface area contributed by atoms with Crippen molar-refractivity contribution in [2.75, 3.05) is 6.61 Å². The first-order chi connectivity index (χ1) is 8.65. The second kappa shape index (κ2) is 7.13. The van der Waals surface area contributed by atoms with E-state index in [-0.39, 0.29) is 18.7 Å². The number of carbonyl (C=O) groups excluding carboxylic acids is 1. The summed E-state index contributed by atoms with van der Waals surface area (Å²) in [6, 6.07) is 7.53. The maximum absolute atomic E-state index is 10.9. The first-order valence-electron chi connectivity index (χ1n) is 5.58. The summed E-state index contributed by atoms with van der Waals surface area (Å²) >= 11 is 0. The Labute approximate surface area is 107 Å². The van der Waals surface area contributed by atoms with E-state index in [1.165, 1.54) is 0 Å². The van der Waals surface area contributed by atoms with Crippen molar-refractivity contribution in [3.05, 3.63) is 29.8 Å². The molecule has 1 rings (SSSR count). The van der Waals surface area contributed by atoms with Gasteiger partial charge >= 0.3 is 5.97 Å². The molecule has 0 aromatic heterocycles. The Morgan fingerprint density at radius 3 is 2.61 bits per heavy atom. The molecule has 4 heteroatoms.